The molecule has 3 rings (SSSR count). The lowest BCUT2D eigenvalue weighted by atomic mass is 10.0. The number of carbonyl (C=O) groups excluding carboxylic acids is 1. The SMILES string of the molecule is O=C(c1occc1-c1ccccc1)N1CCC[C@H](O)C1. The highest BCUT2D eigenvalue weighted by Crippen LogP contribution is 2.26. The summed E-state index contributed by atoms with van der Waals surface area (Å²) in [5, 5.41) is 9.69. The fourth-order valence-corrected chi connectivity index (χ4v) is 2.60. The van der Waals surface area contributed by atoms with Crippen LogP contribution < -0.4 is 0 Å². The molecule has 0 unspecified atom stereocenters. The van der Waals surface area contributed by atoms with Crippen molar-refractivity contribution >= 4 is 5.91 Å². The number of rotatable bonds is 2. The maximum atomic E-state index is 12.5. The maximum absolute atomic E-state index is 12.5. The number of likely N-dealkylation sites (tertiary alicyclic amines) is 1. The van der Waals surface area contributed by atoms with Crippen LogP contribution in [0.2, 0.25) is 0 Å². The molecule has 0 bridgehead atoms. The van der Waals surface area contributed by atoms with Gasteiger partial charge in [0, 0.05) is 18.7 Å². The van der Waals surface area contributed by atoms with E-state index < -0.39 is 6.10 Å². The van der Waals surface area contributed by atoms with Crippen LogP contribution in [0.1, 0.15) is 23.4 Å². The summed E-state index contributed by atoms with van der Waals surface area (Å²) in [6, 6.07) is 11.5. The Labute approximate surface area is 117 Å². The highest BCUT2D eigenvalue weighted by atomic mass is 16.3. The second-order valence-electron chi connectivity index (χ2n) is 5.08. The van der Waals surface area contributed by atoms with Gasteiger partial charge >= 0.3 is 0 Å². The molecule has 1 amide bonds. The van der Waals surface area contributed by atoms with E-state index in [1.54, 1.807) is 4.90 Å². The number of aliphatic hydroxyl groups is 1. The molecule has 0 radical (unpaired) electrons. The molecule has 1 saturated heterocycles. The standard InChI is InChI=1S/C16H17NO3/c18-13-7-4-9-17(11-13)16(19)15-14(8-10-20-15)12-5-2-1-3-6-12/h1-3,5-6,8,10,13,18H,4,7,9,11H2/t13-/m0/s1. The molecule has 4 heteroatoms. The Kier molecular flexibility index (Phi) is 3.56. The van der Waals surface area contributed by atoms with Crippen molar-refractivity contribution < 1.29 is 14.3 Å². The van der Waals surface area contributed by atoms with Gasteiger partial charge in [0.15, 0.2) is 5.76 Å². The minimum Gasteiger partial charge on any atom is -0.459 e. The monoisotopic (exact) mass is 271 g/mol. The first-order chi connectivity index (χ1) is 9.75. The maximum Gasteiger partial charge on any atom is 0.290 e. The molecule has 1 atom stereocenters. The first-order valence-corrected chi connectivity index (χ1v) is 6.86. The number of β-amino-alcohol motifs (C(OH)–C–C–N with tert-alkyl or cyclic N) is 1. The third kappa shape index (κ3) is 2.47. The average molecular weight is 271 g/mol. The van der Waals surface area contributed by atoms with E-state index >= 15 is 0 Å². The fraction of sp³-hybridized carbons (Fsp3) is 0.312. The molecule has 20 heavy (non-hydrogen) atoms. The van der Waals surface area contributed by atoms with E-state index in [1.165, 1.54) is 6.26 Å². The third-order valence-corrected chi connectivity index (χ3v) is 3.63. The summed E-state index contributed by atoms with van der Waals surface area (Å²) in [7, 11) is 0. The average Bonchev–Trinajstić information content (AvgIpc) is 2.97. The predicted molar refractivity (Wildman–Crippen MR) is 75.3 cm³/mol. The van der Waals surface area contributed by atoms with Crippen LogP contribution in [0, 0.1) is 0 Å². The molecule has 2 heterocycles. The summed E-state index contributed by atoms with van der Waals surface area (Å²) in [5.74, 6) is 0.206. The summed E-state index contributed by atoms with van der Waals surface area (Å²) in [6.45, 7) is 1.05. The zero-order valence-electron chi connectivity index (χ0n) is 11.2. The van der Waals surface area contributed by atoms with Gasteiger partial charge in [0.1, 0.15) is 0 Å². The van der Waals surface area contributed by atoms with E-state index in [-0.39, 0.29) is 5.91 Å². The first kappa shape index (κ1) is 12.9. The number of hydrogen-bond acceptors (Lipinski definition) is 3. The van der Waals surface area contributed by atoms with Gasteiger partial charge in [-0.15, -0.1) is 0 Å². The second kappa shape index (κ2) is 5.51. The minimum atomic E-state index is -0.428. The number of aliphatic hydroxyl groups excluding tert-OH is 1. The van der Waals surface area contributed by atoms with Gasteiger partial charge in [-0.2, -0.15) is 0 Å². The molecule has 4 nitrogen and oxygen atoms in total. The molecule has 1 aliphatic heterocycles. The molecule has 1 aromatic heterocycles. The number of carbonyl (C=O) groups is 1. The number of hydrogen-bond donors (Lipinski definition) is 1. The van der Waals surface area contributed by atoms with E-state index in [4.69, 9.17) is 4.42 Å². The van der Waals surface area contributed by atoms with Crippen LogP contribution in [0.5, 0.6) is 0 Å². The smallest absolute Gasteiger partial charge is 0.290 e. The van der Waals surface area contributed by atoms with Crippen molar-refractivity contribution in [1.29, 1.82) is 0 Å². The molecule has 1 aromatic carbocycles. The van der Waals surface area contributed by atoms with Crippen molar-refractivity contribution in [1.82, 2.24) is 4.90 Å². The van der Waals surface area contributed by atoms with Crippen LogP contribution in [0.4, 0.5) is 0 Å². The molecule has 0 saturated carbocycles. The normalized spacial score (nSPS) is 19.1. The molecule has 104 valence electrons. The van der Waals surface area contributed by atoms with Crippen LogP contribution in [0.15, 0.2) is 47.1 Å². The zero-order chi connectivity index (χ0) is 13.9. The van der Waals surface area contributed by atoms with Crippen LogP contribution in [0.3, 0.4) is 0 Å². The molecule has 0 aliphatic carbocycles. The van der Waals surface area contributed by atoms with Gasteiger partial charge < -0.3 is 14.4 Å². The van der Waals surface area contributed by atoms with E-state index in [0.29, 0.717) is 18.8 Å². The van der Waals surface area contributed by atoms with Gasteiger partial charge in [-0.25, -0.2) is 0 Å². The molecular formula is C16H17NO3. The number of benzene rings is 1. The Hall–Kier alpha value is -2.07. The first-order valence-electron chi connectivity index (χ1n) is 6.86. The van der Waals surface area contributed by atoms with Crippen molar-refractivity contribution in [3.05, 3.63) is 48.4 Å². The van der Waals surface area contributed by atoms with Crippen LogP contribution in [-0.2, 0) is 0 Å². The van der Waals surface area contributed by atoms with Gasteiger partial charge in [0.25, 0.3) is 5.91 Å². The number of furan rings is 1. The Bertz CT molecular complexity index is 591. The highest BCUT2D eigenvalue weighted by molar-refractivity contribution is 5.98. The number of amides is 1. The van der Waals surface area contributed by atoms with Gasteiger partial charge in [-0.3, -0.25) is 4.79 Å². The van der Waals surface area contributed by atoms with E-state index in [9.17, 15) is 9.90 Å². The van der Waals surface area contributed by atoms with Crippen molar-refractivity contribution in [2.75, 3.05) is 13.1 Å². The van der Waals surface area contributed by atoms with E-state index in [1.807, 2.05) is 36.4 Å². The Morgan fingerprint density at radius 3 is 2.80 bits per heavy atom. The quantitative estimate of drug-likeness (QED) is 0.913. The summed E-state index contributed by atoms with van der Waals surface area (Å²) >= 11 is 0. The summed E-state index contributed by atoms with van der Waals surface area (Å²) in [4.78, 5) is 14.2. The highest BCUT2D eigenvalue weighted by Gasteiger charge is 2.27. The molecule has 1 fully saturated rings. The molecule has 2 aromatic rings. The largest absolute Gasteiger partial charge is 0.459 e. The van der Waals surface area contributed by atoms with Gasteiger partial charge in [-0.1, -0.05) is 30.3 Å². The lowest BCUT2D eigenvalue weighted by Gasteiger charge is -2.29. The van der Waals surface area contributed by atoms with Crippen LogP contribution in [0.25, 0.3) is 11.1 Å². The van der Waals surface area contributed by atoms with Crippen molar-refractivity contribution in [2.45, 2.75) is 18.9 Å². The van der Waals surface area contributed by atoms with Crippen molar-refractivity contribution in [2.24, 2.45) is 0 Å². The third-order valence-electron chi connectivity index (χ3n) is 3.63. The Balaban J connectivity index is 1.88. The summed E-state index contributed by atoms with van der Waals surface area (Å²) < 4.78 is 5.40. The molecular weight excluding hydrogens is 254 g/mol. The molecule has 1 aliphatic rings. The lowest BCUT2D eigenvalue weighted by molar-refractivity contribution is 0.0449. The predicted octanol–water partition coefficient (Wildman–Crippen LogP) is 2.54. The summed E-state index contributed by atoms with van der Waals surface area (Å²) in [5.41, 5.74) is 1.76. The van der Waals surface area contributed by atoms with Crippen LogP contribution in [-0.4, -0.2) is 35.1 Å². The fourth-order valence-electron chi connectivity index (χ4n) is 2.60. The van der Waals surface area contributed by atoms with Crippen molar-refractivity contribution in [3.8, 4) is 11.1 Å². The van der Waals surface area contributed by atoms with Crippen LogP contribution >= 0.6 is 0 Å². The Morgan fingerprint density at radius 2 is 2.05 bits per heavy atom. The topological polar surface area (TPSA) is 53.7 Å². The number of piperidine rings is 1. The van der Waals surface area contributed by atoms with E-state index in [2.05, 4.69) is 0 Å². The number of nitrogens with zero attached hydrogens (tertiary/aromatic N) is 1. The van der Waals surface area contributed by atoms with E-state index in [0.717, 1.165) is 24.0 Å². The lowest BCUT2D eigenvalue weighted by Crippen LogP contribution is -2.42. The van der Waals surface area contributed by atoms with Crippen molar-refractivity contribution in [3.63, 3.8) is 0 Å². The summed E-state index contributed by atoms with van der Waals surface area (Å²) in [6.07, 6.45) is 2.69. The minimum absolute atomic E-state index is 0.146. The second-order valence-corrected chi connectivity index (χ2v) is 5.08. The van der Waals surface area contributed by atoms with Gasteiger partial charge in [0.2, 0.25) is 0 Å². The zero-order valence-corrected chi connectivity index (χ0v) is 11.2. The Morgan fingerprint density at radius 1 is 1.25 bits per heavy atom. The van der Waals surface area contributed by atoms with Gasteiger partial charge in [0.05, 0.1) is 12.4 Å². The molecule has 1 N–H and O–H groups in total. The molecule has 0 spiro atoms. The van der Waals surface area contributed by atoms with Gasteiger partial charge in [-0.05, 0) is 24.5 Å².